The molecule has 2 N–H and O–H groups in total. The Morgan fingerprint density at radius 2 is 1.94 bits per heavy atom. The molecular weight excluding hydrogens is 458 g/mol. The summed E-state index contributed by atoms with van der Waals surface area (Å²) in [5.41, 5.74) is 1.56. The number of aryl methyl sites for hydroxylation is 1. The van der Waals surface area contributed by atoms with Crippen molar-refractivity contribution in [1.29, 1.82) is 0 Å². The summed E-state index contributed by atoms with van der Waals surface area (Å²) in [6, 6.07) is 13.5. The van der Waals surface area contributed by atoms with Gasteiger partial charge in [0, 0.05) is 23.9 Å². The van der Waals surface area contributed by atoms with Crippen molar-refractivity contribution >= 4 is 39.3 Å². The standard InChI is InChI=1S/C20H22ClN5O3S2/c1-15-6-8-17(9-7-15)31(28,29)26(12-16-4-2-3-5-18(16)21)13-19(27)22-10-11-30-20-23-14-24-25-20/h2-9,14H,10-13H2,1H3,(H,22,27)(H,23,24,25). The summed E-state index contributed by atoms with van der Waals surface area (Å²) in [4.78, 5) is 16.6. The maximum Gasteiger partial charge on any atom is 0.243 e. The number of nitrogens with one attached hydrogen (secondary N) is 2. The zero-order valence-corrected chi connectivity index (χ0v) is 19.2. The van der Waals surface area contributed by atoms with Crippen LogP contribution in [-0.2, 0) is 21.4 Å². The second-order valence-electron chi connectivity index (χ2n) is 6.67. The van der Waals surface area contributed by atoms with Crippen LogP contribution in [0.1, 0.15) is 11.1 Å². The van der Waals surface area contributed by atoms with Gasteiger partial charge >= 0.3 is 0 Å². The largest absolute Gasteiger partial charge is 0.354 e. The van der Waals surface area contributed by atoms with Crippen LogP contribution in [-0.4, -0.2) is 52.7 Å². The molecule has 3 rings (SSSR count). The van der Waals surface area contributed by atoms with Crippen LogP contribution in [0.2, 0.25) is 5.02 Å². The van der Waals surface area contributed by atoms with Gasteiger partial charge in [0.1, 0.15) is 6.33 Å². The molecule has 8 nitrogen and oxygen atoms in total. The molecule has 0 atom stereocenters. The molecule has 2 aromatic carbocycles. The van der Waals surface area contributed by atoms with Gasteiger partial charge in [0.25, 0.3) is 0 Å². The van der Waals surface area contributed by atoms with Gasteiger partial charge in [0.05, 0.1) is 11.4 Å². The highest BCUT2D eigenvalue weighted by Gasteiger charge is 2.27. The smallest absolute Gasteiger partial charge is 0.243 e. The number of carbonyl (C=O) groups excluding carboxylic acids is 1. The molecule has 164 valence electrons. The lowest BCUT2D eigenvalue weighted by atomic mass is 10.2. The molecule has 0 bridgehead atoms. The van der Waals surface area contributed by atoms with E-state index in [1.807, 2.05) is 6.92 Å². The number of aromatic amines is 1. The monoisotopic (exact) mass is 479 g/mol. The van der Waals surface area contributed by atoms with Gasteiger partial charge in [-0.05, 0) is 30.7 Å². The number of thioether (sulfide) groups is 1. The normalized spacial score (nSPS) is 11.6. The van der Waals surface area contributed by atoms with Crippen LogP contribution in [0.15, 0.2) is 64.9 Å². The number of nitrogens with zero attached hydrogens (tertiary/aromatic N) is 3. The summed E-state index contributed by atoms with van der Waals surface area (Å²) < 4.78 is 27.7. The Kier molecular flexibility index (Phi) is 8.08. The Morgan fingerprint density at radius 3 is 2.61 bits per heavy atom. The maximum absolute atomic E-state index is 13.3. The Morgan fingerprint density at radius 1 is 1.19 bits per heavy atom. The van der Waals surface area contributed by atoms with Crippen LogP contribution >= 0.6 is 23.4 Å². The highest BCUT2D eigenvalue weighted by Crippen LogP contribution is 2.22. The van der Waals surface area contributed by atoms with E-state index in [9.17, 15) is 13.2 Å². The third-order valence-corrected chi connectivity index (χ3v) is 7.39. The van der Waals surface area contributed by atoms with E-state index in [0.29, 0.717) is 28.0 Å². The third-order valence-electron chi connectivity index (χ3n) is 4.34. The van der Waals surface area contributed by atoms with Gasteiger partial charge in [-0.25, -0.2) is 13.4 Å². The molecule has 0 unspecified atom stereocenters. The molecule has 1 heterocycles. The average molecular weight is 480 g/mol. The van der Waals surface area contributed by atoms with E-state index in [-0.39, 0.29) is 18.0 Å². The zero-order chi connectivity index (χ0) is 22.3. The fourth-order valence-electron chi connectivity index (χ4n) is 2.72. The molecule has 0 fully saturated rings. The number of aromatic nitrogens is 3. The molecule has 0 saturated heterocycles. The minimum atomic E-state index is -3.91. The number of H-pyrrole nitrogens is 1. The number of carbonyl (C=O) groups is 1. The molecule has 1 amide bonds. The zero-order valence-electron chi connectivity index (χ0n) is 16.8. The number of benzene rings is 2. The van der Waals surface area contributed by atoms with E-state index in [0.717, 1.165) is 9.87 Å². The first kappa shape index (κ1) is 23.3. The highest BCUT2D eigenvalue weighted by atomic mass is 35.5. The molecule has 0 radical (unpaired) electrons. The van der Waals surface area contributed by atoms with Crippen molar-refractivity contribution in [2.24, 2.45) is 0 Å². The van der Waals surface area contributed by atoms with Crippen molar-refractivity contribution < 1.29 is 13.2 Å². The van der Waals surface area contributed by atoms with Gasteiger partial charge in [-0.2, -0.15) is 9.40 Å². The fourth-order valence-corrected chi connectivity index (χ4v) is 4.93. The van der Waals surface area contributed by atoms with Crippen molar-refractivity contribution in [3.63, 3.8) is 0 Å². The van der Waals surface area contributed by atoms with Crippen LogP contribution in [0.25, 0.3) is 0 Å². The number of hydrogen-bond acceptors (Lipinski definition) is 6. The second-order valence-corrected chi connectivity index (χ2v) is 10.1. The Labute approximate surface area is 190 Å². The summed E-state index contributed by atoms with van der Waals surface area (Å²) in [6.45, 7) is 1.89. The van der Waals surface area contributed by atoms with Gasteiger partial charge < -0.3 is 5.32 Å². The van der Waals surface area contributed by atoms with E-state index in [1.165, 1.54) is 30.2 Å². The minimum absolute atomic E-state index is 0.0177. The minimum Gasteiger partial charge on any atom is -0.354 e. The lowest BCUT2D eigenvalue weighted by molar-refractivity contribution is -0.121. The van der Waals surface area contributed by atoms with Gasteiger partial charge in [-0.15, -0.1) is 0 Å². The van der Waals surface area contributed by atoms with Gasteiger partial charge in [0.2, 0.25) is 15.9 Å². The molecule has 3 aromatic rings. The number of rotatable bonds is 10. The SMILES string of the molecule is Cc1ccc(S(=O)(=O)N(CC(=O)NCCSc2ncn[nH]2)Cc2ccccc2Cl)cc1. The Bertz CT molecular complexity index is 1110. The lowest BCUT2D eigenvalue weighted by Gasteiger charge is -2.22. The Hall–Kier alpha value is -2.40. The third kappa shape index (κ3) is 6.54. The topological polar surface area (TPSA) is 108 Å². The number of hydrogen-bond donors (Lipinski definition) is 2. The van der Waals surface area contributed by atoms with Gasteiger partial charge in [-0.1, -0.05) is 59.3 Å². The first-order valence-electron chi connectivity index (χ1n) is 9.41. The summed E-state index contributed by atoms with van der Waals surface area (Å²) in [5, 5.41) is 10.3. The van der Waals surface area contributed by atoms with Crippen LogP contribution in [0.5, 0.6) is 0 Å². The highest BCUT2D eigenvalue weighted by molar-refractivity contribution is 7.99. The predicted molar refractivity (Wildman–Crippen MR) is 120 cm³/mol. The van der Waals surface area contributed by atoms with Crippen molar-refractivity contribution in [3.8, 4) is 0 Å². The lowest BCUT2D eigenvalue weighted by Crippen LogP contribution is -2.41. The van der Waals surface area contributed by atoms with Crippen molar-refractivity contribution in [1.82, 2.24) is 24.8 Å². The summed E-state index contributed by atoms with van der Waals surface area (Å²) >= 11 is 7.64. The number of halogens is 1. The van der Waals surface area contributed by atoms with Gasteiger partial charge in [-0.3, -0.25) is 9.89 Å². The molecule has 0 aliphatic rings. The number of sulfonamides is 1. The number of amides is 1. The average Bonchev–Trinajstić information content (AvgIpc) is 3.26. The summed E-state index contributed by atoms with van der Waals surface area (Å²) in [7, 11) is -3.91. The van der Waals surface area contributed by atoms with Gasteiger partial charge in [0.15, 0.2) is 5.16 Å². The molecule has 31 heavy (non-hydrogen) atoms. The Balaban J connectivity index is 1.71. The maximum atomic E-state index is 13.3. The molecule has 0 aliphatic heterocycles. The summed E-state index contributed by atoms with van der Waals surface area (Å²) in [5.74, 6) is 0.164. The quantitative estimate of drug-likeness (QED) is 0.342. The van der Waals surface area contributed by atoms with E-state index < -0.39 is 15.9 Å². The molecule has 0 spiro atoms. The van der Waals surface area contributed by atoms with Crippen LogP contribution in [0.4, 0.5) is 0 Å². The van der Waals surface area contributed by atoms with E-state index >= 15 is 0 Å². The summed E-state index contributed by atoms with van der Waals surface area (Å²) in [6.07, 6.45) is 1.41. The fraction of sp³-hybridized carbons (Fsp3) is 0.250. The molecule has 0 aliphatic carbocycles. The predicted octanol–water partition coefficient (Wildman–Crippen LogP) is 2.87. The molecule has 11 heteroatoms. The van der Waals surface area contributed by atoms with Crippen LogP contribution in [0.3, 0.4) is 0 Å². The second kappa shape index (κ2) is 10.8. The molecule has 1 aromatic heterocycles. The first-order chi connectivity index (χ1) is 14.9. The van der Waals surface area contributed by atoms with Crippen LogP contribution < -0.4 is 5.32 Å². The van der Waals surface area contributed by atoms with Crippen LogP contribution in [0, 0.1) is 6.92 Å². The molecular formula is C20H22ClN5O3S2. The van der Waals surface area contributed by atoms with Crippen molar-refractivity contribution in [2.75, 3.05) is 18.8 Å². The van der Waals surface area contributed by atoms with Crippen molar-refractivity contribution in [3.05, 3.63) is 71.0 Å². The molecule has 0 saturated carbocycles. The van der Waals surface area contributed by atoms with E-state index in [2.05, 4.69) is 20.5 Å². The first-order valence-corrected chi connectivity index (χ1v) is 12.2. The van der Waals surface area contributed by atoms with E-state index in [1.54, 1.807) is 36.4 Å². The van der Waals surface area contributed by atoms with E-state index in [4.69, 9.17) is 11.6 Å². The van der Waals surface area contributed by atoms with Crippen molar-refractivity contribution in [2.45, 2.75) is 23.5 Å².